The van der Waals surface area contributed by atoms with Gasteiger partial charge >= 0.3 is 0 Å². The smallest absolute Gasteiger partial charge is 0.0598 e. The number of nitrogens with one attached hydrogen (secondary N) is 1. The first-order chi connectivity index (χ1) is 5.97. The lowest BCUT2D eigenvalue weighted by Gasteiger charge is -2.28. The summed E-state index contributed by atoms with van der Waals surface area (Å²) in [4.78, 5) is 0. The topological polar surface area (TPSA) is 21.3 Å². The first-order valence-electron chi connectivity index (χ1n) is 5.03. The molecule has 2 heteroatoms. The number of ether oxygens (including phenoxy) is 1. The van der Waals surface area contributed by atoms with Gasteiger partial charge in [-0.05, 0) is 39.5 Å². The van der Waals surface area contributed by atoms with E-state index in [0.717, 1.165) is 25.3 Å². The molecule has 0 aromatic carbocycles. The monoisotopic (exact) mass is 183 g/mol. The van der Waals surface area contributed by atoms with Gasteiger partial charge in [0, 0.05) is 12.2 Å². The molecule has 0 aliphatic carbocycles. The second-order valence-corrected chi connectivity index (χ2v) is 4.81. The van der Waals surface area contributed by atoms with Crippen LogP contribution < -0.4 is 5.32 Å². The SMILES string of the molecule is C=C1C[C@@H](COC(C)(C)C)CCN1. The molecule has 0 radical (unpaired) electrons. The van der Waals surface area contributed by atoms with Crippen molar-refractivity contribution in [2.45, 2.75) is 39.2 Å². The molecule has 1 aliphatic rings. The third-order valence-corrected chi connectivity index (χ3v) is 2.21. The normalized spacial score (nSPS) is 24.2. The van der Waals surface area contributed by atoms with Gasteiger partial charge in [0.05, 0.1) is 12.2 Å². The number of rotatable bonds is 2. The van der Waals surface area contributed by atoms with Crippen LogP contribution in [0.25, 0.3) is 0 Å². The summed E-state index contributed by atoms with van der Waals surface area (Å²) in [5.41, 5.74) is 1.15. The number of hydrogen-bond acceptors (Lipinski definition) is 2. The lowest BCUT2D eigenvalue weighted by molar-refractivity contribution is -0.0249. The predicted octanol–water partition coefficient (Wildman–Crippen LogP) is 2.31. The highest BCUT2D eigenvalue weighted by molar-refractivity contribution is 4.96. The average Bonchev–Trinajstić information content (AvgIpc) is 2.00. The minimum absolute atomic E-state index is 0.00773. The van der Waals surface area contributed by atoms with Crippen LogP contribution in [0.3, 0.4) is 0 Å². The van der Waals surface area contributed by atoms with Crippen LogP contribution in [-0.2, 0) is 4.74 Å². The highest BCUT2D eigenvalue weighted by atomic mass is 16.5. The fraction of sp³-hybridized carbons (Fsp3) is 0.818. The van der Waals surface area contributed by atoms with Crippen molar-refractivity contribution in [2.24, 2.45) is 5.92 Å². The number of hydrogen-bond donors (Lipinski definition) is 1. The molecule has 1 atom stereocenters. The summed E-state index contributed by atoms with van der Waals surface area (Å²) in [5, 5.41) is 3.26. The van der Waals surface area contributed by atoms with E-state index in [1.807, 2.05) is 0 Å². The van der Waals surface area contributed by atoms with Crippen LogP contribution in [0.5, 0.6) is 0 Å². The molecule has 0 aromatic heterocycles. The van der Waals surface area contributed by atoms with Crippen molar-refractivity contribution in [1.29, 1.82) is 0 Å². The molecule has 0 bridgehead atoms. The molecule has 1 fully saturated rings. The van der Waals surface area contributed by atoms with Gasteiger partial charge in [0.15, 0.2) is 0 Å². The van der Waals surface area contributed by atoms with Gasteiger partial charge in [-0.3, -0.25) is 0 Å². The summed E-state index contributed by atoms with van der Waals surface area (Å²) in [6, 6.07) is 0. The van der Waals surface area contributed by atoms with Crippen LogP contribution in [0, 0.1) is 5.92 Å². The molecule has 1 saturated heterocycles. The van der Waals surface area contributed by atoms with Crippen molar-refractivity contribution < 1.29 is 4.74 Å². The fourth-order valence-corrected chi connectivity index (χ4v) is 1.49. The van der Waals surface area contributed by atoms with E-state index >= 15 is 0 Å². The highest BCUT2D eigenvalue weighted by Crippen LogP contribution is 2.20. The maximum atomic E-state index is 5.75. The summed E-state index contributed by atoms with van der Waals surface area (Å²) in [6.07, 6.45) is 2.27. The molecular formula is C11H21NO. The van der Waals surface area contributed by atoms with Gasteiger partial charge in [-0.25, -0.2) is 0 Å². The Morgan fingerprint density at radius 3 is 2.77 bits per heavy atom. The van der Waals surface area contributed by atoms with Gasteiger partial charge < -0.3 is 10.1 Å². The molecule has 76 valence electrons. The van der Waals surface area contributed by atoms with Gasteiger partial charge in [-0.1, -0.05) is 6.58 Å². The van der Waals surface area contributed by atoms with Crippen LogP contribution in [-0.4, -0.2) is 18.8 Å². The molecule has 0 amide bonds. The van der Waals surface area contributed by atoms with Crippen LogP contribution in [0.1, 0.15) is 33.6 Å². The van der Waals surface area contributed by atoms with Crippen LogP contribution in [0.2, 0.25) is 0 Å². The Morgan fingerprint density at radius 2 is 2.23 bits per heavy atom. The number of allylic oxidation sites excluding steroid dienone is 1. The molecule has 1 rings (SSSR count). The summed E-state index contributed by atoms with van der Waals surface area (Å²) in [5.74, 6) is 0.660. The zero-order valence-corrected chi connectivity index (χ0v) is 9.02. The van der Waals surface area contributed by atoms with E-state index in [0.29, 0.717) is 5.92 Å². The quantitative estimate of drug-likeness (QED) is 0.709. The van der Waals surface area contributed by atoms with E-state index < -0.39 is 0 Å². The number of piperidine rings is 1. The van der Waals surface area contributed by atoms with Crippen molar-refractivity contribution in [2.75, 3.05) is 13.2 Å². The lowest BCUT2D eigenvalue weighted by atomic mass is 9.97. The van der Waals surface area contributed by atoms with Gasteiger partial charge in [0.25, 0.3) is 0 Å². The third-order valence-electron chi connectivity index (χ3n) is 2.21. The Labute approximate surface area is 81.4 Å². The summed E-state index contributed by atoms with van der Waals surface area (Å²) >= 11 is 0. The van der Waals surface area contributed by atoms with Crippen molar-refractivity contribution in [1.82, 2.24) is 5.32 Å². The van der Waals surface area contributed by atoms with E-state index in [2.05, 4.69) is 32.7 Å². The Balaban J connectivity index is 2.25. The van der Waals surface area contributed by atoms with Crippen LogP contribution in [0.4, 0.5) is 0 Å². The molecule has 0 spiro atoms. The molecule has 0 saturated carbocycles. The lowest BCUT2D eigenvalue weighted by Crippen LogP contribution is -2.30. The Kier molecular flexibility index (Phi) is 3.37. The molecule has 0 unspecified atom stereocenters. The Bertz CT molecular complexity index is 181. The molecule has 1 N–H and O–H groups in total. The maximum absolute atomic E-state index is 5.75. The second kappa shape index (κ2) is 4.14. The first kappa shape index (κ1) is 10.6. The van der Waals surface area contributed by atoms with Crippen molar-refractivity contribution >= 4 is 0 Å². The molecule has 1 heterocycles. The highest BCUT2D eigenvalue weighted by Gasteiger charge is 2.18. The Morgan fingerprint density at radius 1 is 1.54 bits per heavy atom. The second-order valence-electron chi connectivity index (χ2n) is 4.81. The molecule has 0 aromatic rings. The van der Waals surface area contributed by atoms with E-state index in [4.69, 9.17) is 4.74 Å². The van der Waals surface area contributed by atoms with E-state index in [1.165, 1.54) is 6.42 Å². The standard InChI is InChI=1S/C11H21NO/c1-9-7-10(5-6-12-9)8-13-11(2,3)4/h10,12H,1,5-8H2,2-4H3/t10-/m0/s1. The maximum Gasteiger partial charge on any atom is 0.0598 e. The van der Waals surface area contributed by atoms with Gasteiger partial charge in [0.1, 0.15) is 0 Å². The zero-order valence-electron chi connectivity index (χ0n) is 9.02. The van der Waals surface area contributed by atoms with Crippen molar-refractivity contribution in [3.05, 3.63) is 12.3 Å². The first-order valence-corrected chi connectivity index (χ1v) is 5.03. The fourth-order valence-electron chi connectivity index (χ4n) is 1.49. The van der Waals surface area contributed by atoms with E-state index in [1.54, 1.807) is 0 Å². The molecular weight excluding hydrogens is 162 g/mol. The van der Waals surface area contributed by atoms with Gasteiger partial charge in [-0.2, -0.15) is 0 Å². The predicted molar refractivity (Wildman–Crippen MR) is 55.6 cm³/mol. The minimum atomic E-state index is -0.00773. The van der Waals surface area contributed by atoms with Crippen LogP contribution >= 0.6 is 0 Å². The average molecular weight is 183 g/mol. The molecule has 1 aliphatic heterocycles. The summed E-state index contributed by atoms with van der Waals surface area (Å²) in [7, 11) is 0. The molecule has 2 nitrogen and oxygen atoms in total. The zero-order chi connectivity index (χ0) is 9.90. The van der Waals surface area contributed by atoms with Crippen molar-refractivity contribution in [3.63, 3.8) is 0 Å². The van der Waals surface area contributed by atoms with Crippen molar-refractivity contribution in [3.8, 4) is 0 Å². The summed E-state index contributed by atoms with van der Waals surface area (Å²) in [6.45, 7) is 12.2. The third kappa shape index (κ3) is 4.32. The largest absolute Gasteiger partial charge is 0.389 e. The van der Waals surface area contributed by atoms with Gasteiger partial charge in [-0.15, -0.1) is 0 Å². The van der Waals surface area contributed by atoms with Crippen LogP contribution in [0.15, 0.2) is 12.3 Å². The van der Waals surface area contributed by atoms with E-state index in [-0.39, 0.29) is 5.60 Å². The summed E-state index contributed by atoms with van der Waals surface area (Å²) < 4.78 is 5.75. The van der Waals surface area contributed by atoms with Gasteiger partial charge in [0.2, 0.25) is 0 Å². The Hall–Kier alpha value is -0.500. The minimum Gasteiger partial charge on any atom is -0.389 e. The molecule has 13 heavy (non-hydrogen) atoms. The van der Waals surface area contributed by atoms with E-state index in [9.17, 15) is 0 Å².